The van der Waals surface area contributed by atoms with Crippen molar-refractivity contribution >= 4 is 17.2 Å². The van der Waals surface area contributed by atoms with Crippen molar-refractivity contribution in [1.82, 2.24) is 10.3 Å². The van der Waals surface area contributed by atoms with Crippen molar-refractivity contribution in [3.63, 3.8) is 0 Å². The predicted octanol–water partition coefficient (Wildman–Crippen LogP) is 4.38. The Morgan fingerprint density at radius 1 is 1.19 bits per heavy atom. The Labute approximate surface area is 162 Å². The summed E-state index contributed by atoms with van der Waals surface area (Å²) >= 11 is 1.60. The van der Waals surface area contributed by atoms with Gasteiger partial charge in [0.25, 0.3) is 5.91 Å². The van der Waals surface area contributed by atoms with Crippen molar-refractivity contribution in [2.24, 2.45) is 0 Å². The number of halogens is 1. The van der Waals surface area contributed by atoms with E-state index in [2.05, 4.69) is 41.5 Å². The van der Waals surface area contributed by atoms with Gasteiger partial charge in [-0.15, -0.1) is 11.3 Å². The molecule has 1 atom stereocenters. The average molecular weight is 384 g/mol. The summed E-state index contributed by atoms with van der Waals surface area (Å²) in [6, 6.07) is 13.9. The van der Waals surface area contributed by atoms with Gasteiger partial charge in [-0.05, 0) is 38.1 Å². The van der Waals surface area contributed by atoms with Gasteiger partial charge in [-0.25, -0.2) is 9.37 Å². The van der Waals surface area contributed by atoms with Crippen molar-refractivity contribution < 1.29 is 13.9 Å². The lowest BCUT2D eigenvalue weighted by molar-refractivity contribution is -0.127. The summed E-state index contributed by atoms with van der Waals surface area (Å²) < 4.78 is 18.4. The molecule has 27 heavy (non-hydrogen) atoms. The molecular formula is C21H21FN2O2S. The van der Waals surface area contributed by atoms with Crippen molar-refractivity contribution in [2.45, 2.75) is 26.4 Å². The van der Waals surface area contributed by atoms with Crippen LogP contribution >= 0.6 is 11.3 Å². The van der Waals surface area contributed by atoms with E-state index in [1.807, 2.05) is 5.38 Å². The minimum atomic E-state index is -0.658. The zero-order valence-corrected chi connectivity index (χ0v) is 16.1. The number of rotatable bonds is 7. The second-order valence-electron chi connectivity index (χ2n) is 6.27. The van der Waals surface area contributed by atoms with E-state index in [1.165, 1.54) is 29.8 Å². The Morgan fingerprint density at radius 3 is 2.59 bits per heavy atom. The fourth-order valence-corrected chi connectivity index (χ4v) is 3.34. The van der Waals surface area contributed by atoms with Crippen molar-refractivity contribution in [1.29, 1.82) is 0 Å². The quantitative estimate of drug-likeness (QED) is 0.658. The first-order chi connectivity index (χ1) is 13.0. The number of hydrogen-bond acceptors (Lipinski definition) is 4. The lowest BCUT2D eigenvalue weighted by Crippen LogP contribution is -2.37. The van der Waals surface area contributed by atoms with Crippen LogP contribution in [0.3, 0.4) is 0 Å². The third kappa shape index (κ3) is 5.37. The number of hydrogen-bond donors (Lipinski definition) is 1. The molecule has 0 saturated heterocycles. The average Bonchev–Trinajstić information content (AvgIpc) is 3.13. The molecule has 0 saturated carbocycles. The van der Waals surface area contributed by atoms with Crippen LogP contribution in [-0.2, 0) is 11.2 Å². The molecule has 0 spiro atoms. The molecule has 1 amide bonds. The molecule has 0 radical (unpaired) electrons. The number of aromatic nitrogens is 1. The van der Waals surface area contributed by atoms with Crippen LogP contribution in [0, 0.1) is 12.7 Å². The highest BCUT2D eigenvalue weighted by Crippen LogP contribution is 2.24. The lowest BCUT2D eigenvalue weighted by Gasteiger charge is -2.14. The van der Waals surface area contributed by atoms with Gasteiger partial charge >= 0.3 is 0 Å². The number of amides is 1. The topological polar surface area (TPSA) is 51.2 Å². The summed E-state index contributed by atoms with van der Waals surface area (Å²) in [6.07, 6.45) is -0.00815. The molecule has 3 rings (SSSR count). The van der Waals surface area contributed by atoms with E-state index in [9.17, 15) is 9.18 Å². The molecule has 1 aromatic heterocycles. The molecule has 1 N–H and O–H groups in total. The largest absolute Gasteiger partial charge is 0.481 e. The Bertz CT molecular complexity index is 891. The number of carbonyl (C=O) groups is 1. The number of aryl methyl sites for hydroxylation is 1. The molecule has 0 bridgehead atoms. The molecule has 4 nitrogen and oxygen atoms in total. The Kier molecular flexibility index (Phi) is 6.19. The minimum Gasteiger partial charge on any atom is -0.481 e. The molecule has 0 aliphatic rings. The number of nitrogens with one attached hydrogen (secondary N) is 1. The number of thiazole rings is 1. The highest BCUT2D eigenvalue weighted by molar-refractivity contribution is 7.13. The van der Waals surface area contributed by atoms with Gasteiger partial charge in [-0.1, -0.05) is 29.8 Å². The maximum Gasteiger partial charge on any atom is 0.260 e. The second-order valence-corrected chi connectivity index (χ2v) is 7.12. The van der Waals surface area contributed by atoms with Crippen LogP contribution in [0.25, 0.3) is 10.6 Å². The molecule has 6 heteroatoms. The Balaban J connectivity index is 1.47. The van der Waals surface area contributed by atoms with Crippen LogP contribution < -0.4 is 10.1 Å². The first kappa shape index (κ1) is 19.0. The fraction of sp³-hybridized carbons (Fsp3) is 0.238. The van der Waals surface area contributed by atoms with E-state index >= 15 is 0 Å². The third-order valence-electron chi connectivity index (χ3n) is 4.03. The van der Waals surface area contributed by atoms with Crippen LogP contribution in [0.15, 0.2) is 53.9 Å². The van der Waals surface area contributed by atoms with Crippen LogP contribution in [0.2, 0.25) is 0 Å². The molecule has 0 aliphatic carbocycles. The zero-order valence-electron chi connectivity index (χ0n) is 15.2. The Morgan fingerprint density at radius 2 is 1.89 bits per heavy atom. The SMILES string of the molecule is Cc1ccc(-c2nc(CCNC(=O)[C@H](C)Oc3ccc(F)cc3)cs2)cc1. The molecular weight excluding hydrogens is 363 g/mol. The summed E-state index contributed by atoms with van der Waals surface area (Å²) in [5.74, 6) is -0.0951. The molecule has 0 unspecified atom stereocenters. The summed E-state index contributed by atoms with van der Waals surface area (Å²) in [5.41, 5.74) is 3.26. The van der Waals surface area contributed by atoms with Gasteiger partial charge in [-0.2, -0.15) is 0 Å². The second kappa shape index (κ2) is 8.77. The molecule has 1 heterocycles. The van der Waals surface area contributed by atoms with E-state index in [0.29, 0.717) is 18.7 Å². The van der Waals surface area contributed by atoms with E-state index < -0.39 is 6.10 Å². The van der Waals surface area contributed by atoms with Gasteiger partial charge in [0.1, 0.15) is 16.6 Å². The maximum atomic E-state index is 12.9. The first-order valence-corrected chi connectivity index (χ1v) is 9.60. The van der Waals surface area contributed by atoms with E-state index in [4.69, 9.17) is 4.74 Å². The summed E-state index contributed by atoms with van der Waals surface area (Å²) in [7, 11) is 0. The fourth-order valence-electron chi connectivity index (χ4n) is 2.48. The molecule has 0 aliphatic heterocycles. The number of benzene rings is 2. The highest BCUT2D eigenvalue weighted by atomic mass is 32.1. The minimum absolute atomic E-state index is 0.215. The molecule has 0 fully saturated rings. The number of ether oxygens (including phenoxy) is 1. The van der Waals surface area contributed by atoms with Crippen molar-refractivity contribution in [3.8, 4) is 16.3 Å². The van der Waals surface area contributed by atoms with Gasteiger partial charge < -0.3 is 10.1 Å². The maximum absolute atomic E-state index is 12.9. The standard InChI is InChI=1S/C21H21FN2O2S/c1-14-3-5-16(6-4-14)21-24-18(13-27-21)11-12-23-20(25)15(2)26-19-9-7-17(22)8-10-19/h3-10,13,15H,11-12H2,1-2H3,(H,23,25)/t15-/m0/s1. The van der Waals surface area contributed by atoms with Crippen LogP contribution in [0.4, 0.5) is 4.39 Å². The van der Waals surface area contributed by atoms with Gasteiger partial charge in [-0.3, -0.25) is 4.79 Å². The predicted molar refractivity (Wildman–Crippen MR) is 105 cm³/mol. The van der Waals surface area contributed by atoms with E-state index in [1.54, 1.807) is 18.3 Å². The van der Waals surface area contributed by atoms with Crippen LogP contribution in [-0.4, -0.2) is 23.5 Å². The smallest absolute Gasteiger partial charge is 0.260 e. The summed E-state index contributed by atoms with van der Waals surface area (Å²) in [6.45, 7) is 4.20. The number of carbonyl (C=O) groups excluding carboxylic acids is 1. The summed E-state index contributed by atoms with van der Waals surface area (Å²) in [5, 5.41) is 5.84. The van der Waals surface area contributed by atoms with Gasteiger partial charge in [0.15, 0.2) is 6.10 Å². The van der Waals surface area contributed by atoms with Gasteiger partial charge in [0, 0.05) is 23.9 Å². The van der Waals surface area contributed by atoms with E-state index in [-0.39, 0.29) is 11.7 Å². The normalized spacial score (nSPS) is 11.8. The van der Waals surface area contributed by atoms with Crippen molar-refractivity contribution in [2.75, 3.05) is 6.54 Å². The van der Waals surface area contributed by atoms with Gasteiger partial charge in [0.2, 0.25) is 0 Å². The highest BCUT2D eigenvalue weighted by Gasteiger charge is 2.14. The van der Waals surface area contributed by atoms with Crippen LogP contribution in [0.5, 0.6) is 5.75 Å². The first-order valence-electron chi connectivity index (χ1n) is 8.72. The lowest BCUT2D eigenvalue weighted by atomic mass is 10.2. The van der Waals surface area contributed by atoms with Crippen molar-refractivity contribution in [3.05, 3.63) is 71.0 Å². The molecule has 140 valence electrons. The third-order valence-corrected chi connectivity index (χ3v) is 4.97. The molecule has 2 aromatic carbocycles. The monoisotopic (exact) mass is 384 g/mol. The van der Waals surface area contributed by atoms with E-state index in [0.717, 1.165) is 16.3 Å². The number of nitrogens with zero attached hydrogens (tertiary/aromatic N) is 1. The van der Waals surface area contributed by atoms with Gasteiger partial charge in [0.05, 0.1) is 5.69 Å². The summed E-state index contributed by atoms with van der Waals surface area (Å²) in [4.78, 5) is 16.8. The van der Waals surface area contributed by atoms with Crippen LogP contribution in [0.1, 0.15) is 18.2 Å². The molecule has 3 aromatic rings. The Hall–Kier alpha value is -2.73. The zero-order chi connectivity index (χ0) is 19.2.